The molecule has 0 aliphatic carbocycles. The van der Waals surface area contributed by atoms with Gasteiger partial charge in [0.15, 0.2) is 0 Å². The van der Waals surface area contributed by atoms with Crippen LogP contribution in [-0.2, 0) is 22.6 Å². The molecule has 0 fully saturated rings. The highest BCUT2D eigenvalue weighted by Crippen LogP contribution is 2.28. The molecule has 31 heavy (non-hydrogen) atoms. The van der Waals surface area contributed by atoms with E-state index in [1.807, 2.05) is 14.1 Å². The number of fused-ring (bicyclic) bond motifs is 1. The Hall–Kier alpha value is -2.90. The van der Waals surface area contributed by atoms with Gasteiger partial charge in [0.25, 0.3) is 0 Å². The summed E-state index contributed by atoms with van der Waals surface area (Å²) in [6.07, 6.45) is 1.38. The molecule has 1 aliphatic heterocycles. The lowest BCUT2D eigenvalue weighted by atomic mass is 9.96. The predicted octanol–water partition coefficient (Wildman–Crippen LogP) is 1.47. The molecule has 1 heterocycles. The van der Waals surface area contributed by atoms with Gasteiger partial charge in [-0.3, -0.25) is 14.5 Å². The average Bonchev–Trinajstić information content (AvgIpc) is 2.79. The van der Waals surface area contributed by atoms with Crippen molar-refractivity contribution in [3.8, 4) is 0 Å². The van der Waals surface area contributed by atoms with Crippen LogP contribution in [0.1, 0.15) is 29.2 Å². The third-order valence-electron chi connectivity index (χ3n) is 5.68. The SMILES string of the molecule is CN(C)c1ccc([C@H](CNC(=O)C(=O)NCCCO)N2CCc3ccccc3C2)cc1. The van der Waals surface area contributed by atoms with Crippen molar-refractivity contribution >= 4 is 17.5 Å². The lowest BCUT2D eigenvalue weighted by Crippen LogP contribution is -2.45. The second-order valence-electron chi connectivity index (χ2n) is 8.03. The Morgan fingerprint density at radius 1 is 1.03 bits per heavy atom. The van der Waals surface area contributed by atoms with Gasteiger partial charge < -0.3 is 20.6 Å². The Balaban J connectivity index is 1.73. The van der Waals surface area contributed by atoms with E-state index in [4.69, 9.17) is 5.11 Å². The molecule has 0 saturated carbocycles. The number of benzene rings is 2. The van der Waals surface area contributed by atoms with Crippen LogP contribution in [0, 0.1) is 0 Å². The largest absolute Gasteiger partial charge is 0.396 e. The molecule has 3 rings (SSSR count). The molecular formula is C24H32N4O3. The van der Waals surface area contributed by atoms with Crippen molar-refractivity contribution in [2.45, 2.75) is 25.4 Å². The molecule has 1 aliphatic rings. The lowest BCUT2D eigenvalue weighted by molar-refractivity contribution is -0.139. The fourth-order valence-electron chi connectivity index (χ4n) is 3.87. The van der Waals surface area contributed by atoms with E-state index in [1.165, 1.54) is 11.1 Å². The molecule has 1 atom stereocenters. The predicted molar refractivity (Wildman–Crippen MR) is 122 cm³/mol. The molecule has 0 bridgehead atoms. The number of hydrogen-bond acceptors (Lipinski definition) is 5. The molecule has 2 amide bonds. The monoisotopic (exact) mass is 424 g/mol. The van der Waals surface area contributed by atoms with Crippen LogP contribution in [0.4, 0.5) is 5.69 Å². The molecule has 2 aromatic carbocycles. The zero-order valence-corrected chi connectivity index (χ0v) is 18.3. The Kier molecular flexibility index (Phi) is 8.03. The fourth-order valence-corrected chi connectivity index (χ4v) is 3.87. The fraction of sp³-hybridized carbons (Fsp3) is 0.417. The van der Waals surface area contributed by atoms with Crippen molar-refractivity contribution in [2.75, 3.05) is 45.2 Å². The number of nitrogens with one attached hydrogen (secondary N) is 2. The van der Waals surface area contributed by atoms with Crippen LogP contribution in [0.2, 0.25) is 0 Å². The van der Waals surface area contributed by atoms with E-state index in [0.29, 0.717) is 13.0 Å². The van der Waals surface area contributed by atoms with Crippen molar-refractivity contribution in [1.82, 2.24) is 15.5 Å². The molecular weight excluding hydrogens is 392 g/mol. The van der Waals surface area contributed by atoms with Crippen molar-refractivity contribution in [3.05, 3.63) is 65.2 Å². The highest BCUT2D eigenvalue weighted by molar-refractivity contribution is 6.35. The molecule has 0 radical (unpaired) electrons. The van der Waals surface area contributed by atoms with Gasteiger partial charge in [0.1, 0.15) is 0 Å². The minimum Gasteiger partial charge on any atom is -0.396 e. The van der Waals surface area contributed by atoms with Gasteiger partial charge in [0, 0.05) is 52.6 Å². The highest BCUT2D eigenvalue weighted by Gasteiger charge is 2.26. The standard InChI is InChI=1S/C24H32N4O3/c1-27(2)21-10-8-19(9-11-21)22(16-26-24(31)23(30)25-13-5-15-29)28-14-12-18-6-3-4-7-20(18)17-28/h3-4,6-11,22,29H,5,12-17H2,1-2H3,(H,25,30)(H,26,31)/t22-/m0/s1. The topological polar surface area (TPSA) is 84.9 Å². The van der Waals surface area contributed by atoms with Gasteiger partial charge in [-0.05, 0) is 41.7 Å². The number of amides is 2. The molecule has 7 nitrogen and oxygen atoms in total. The summed E-state index contributed by atoms with van der Waals surface area (Å²) in [4.78, 5) is 28.7. The summed E-state index contributed by atoms with van der Waals surface area (Å²) < 4.78 is 0. The van der Waals surface area contributed by atoms with Gasteiger partial charge in [-0.15, -0.1) is 0 Å². The van der Waals surface area contributed by atoms with Gasteiger partial charge in [0.2, 0.25) is 0 Å². The van der Waals surface area contributed by atoms with Crippen LogP contribution in [-0.4, -0.2) is 62.2 Å². The molecule has 0 aromatic heterocycles. The van der Waals surface area contributed by atoms with E-state index in [0.717, 1.165) is 30.8 Å². The molecule has 0 unspecified atom stereocenters. The number of anilines is 1. The highest BCUT2D eigenvalue weighted by atomic mass is 16.3. The average molecular weight is 425 g/mol. The van der Waals surface area contributed by atoms with E-state index in [2.05, 4.69) is 69.0 Å². The minimum absolute atomic E-state index is 0.0245. The summed E-state index contributed by atoms with van der Waals surface area (Å²) in [6.45, 7) is 2.28. The Labute approximate surface area is 184 Å². The molecule has 0 saturated heterocycles. The first-order chi connectivity index (χ1) is 15.0. The third kappa shape index (κ3) is 6.06. The Morgan fingerprint density at radius 3 is 2.39 bits per heavy atom. The van der Waals surface area contributed by atoms with Crippen LogP contribution in [0.15, 0.2) is 48.5 Å². The molecule has 2 aromatic rings. The second-order valence-corrected chi connectivity index (χ2v) is 8.03. The van der Waals surface area contributed by atoms with Crippen LogP contribution in [0.25, 0.3) is 0 Å². The summed E-state index contributed by atoms with van der Waals surface area (Å²) in [5.41, 5.74) is 4.88. The number of aliphatic hydroxyl groups excluding tert-OH is 1. The van der Waals surface area contributed by atoms with Crippen LogP contribution in [0.5, 0.6) is 0 Å². The summed E-state index contributed by atoms with van der Waals surface area (Å²) in [5, 5.41) is 14.2. The van der Waals surface area contributed by atoms with E-state index in [-0.39, 0.29) is 19.2 Å². The molecule has 3 N–H and O–H groups in total. The first kappa shape index (κ1) is 22.8. The zero-order valence-electron chi connectivity index (χ0n) is 18.3. The number of nitrogens with zero attached hydrogens (tertiary/aromatic N) is 2. The van der Waals surface area contributed by atoms with E-state index in [1.54, 1.807) is 0 Å². The maximum atomic E-state index is 12.3. The van der Waals surface area contributed by atoms with Crippen LogP contribution in [0.3, 0.4) is 0 Å². The Bertz CT molecular complexity index is 883. The first-order valence-electron chi connectivity index (χ1n) is 10.7. The van der Waals surface area contributed by atoms with Gasteiger partial charge >= 0.3 is 11.8 Å². The van der Waals surface area contributed by atoms with Crippen LogP contribution >= 0.6 is 0 Å². The van der Waals surface area contributed by atoms with Gasteiger partial charge in [0.05, 0.1) is 6.04 Å². The number of carbonyl (C=O) groups excluding carboxylic acids is 2. The minimum atomic E-state index is -0.667. The molecule has 7 heteroatoms. The zero-order chi connectivity index (χ0) is 22.2. The van der Waals surface area contributed by atoms with Gasteiger partial charge in [-0.1, -0.05) is 36.4 Å². The lowest BCUT2D eigenvalue weighted by Gasteiger charge is -2.36. The third-order valence-corrected chi connectivity index (χ3v) is 5.68. The van der Waals surface area contributed by atoms with Gasteiger partial charge in [-0.2, -0.15) is 0 Å². The second kappa shape index (κ2) is 10.9. The van der Waals surface area contributed by atoms with Crippen molar-refractivity contribution in [1.29, 1.82) is 0 Å². The van der Waals surface area contributed by atoms with E-state index < -0.39 is 11.8 Å². The smallest absolute Gasteiger partial charge is 0.309 e. The quantitative estimate of drug-likeness (QED) is 0.441. The summed E-state index contributed by atoms with van der Waals surface area (Å²) in [5.74, 6) is -1.32. The van der Waals surface area contributed by atoms with E-state index in [9.17, 15) is 9.59 Å². The normalized spacial score (nSPS) is 14.4. The number of carbonyl (C=O) groups is 2. The van der Waals surface area contributed by atoms with Crippen LogP contribution < -0.4 is 15.5 Å². The Morgan fingerprint density at radius 2 is 1.71 bits per heavy atom. The number of hydrogen-bond donors (Lipinski definition) is 3. The number of aliphatic hydroxyl groups is 1. The maximum absolute atomic E-state index is 12.3. The maximum Gasteiger partial charge on any atom is 0.309 e. The van der Waals surface area contributed by atoms with E-state index >= 15 is 0 Å². The van der Waals surface area contributed by atoms with Gasteiger partial charge in [-0.25, -0.2) is 0 Å². The summed E-state index contributed by atoms with van der Waals surface area (Å²) in [6, 6.07) is 16.7. The summed E-state index contributed by atoms with van der Waals surface area (Å²) in [7, 11) is 4.01. The molecule has 0 spiro atoms. The first-order valence-corrected chi connectivity index (χ1v) is 10.7. The van der Waals surface area contributed by atoms with Crippen molar-refractivity contribution in [2.24, 2.45) is 0 Å². The number of rotatable bonds is 8. The molecule has 166 valence electrons. The van der Waals surface area contributed by atoms with Crippen molar-refractivity contribution < 1.29 is 14.7 Å². The summed E-state index contributed by atoms with van der Waals surface area (Å²) >= 11 is 0. The van der Waals surface area contributed by atoms with Crippen molar-refractivity contribution in [3.63, 3.8) is 0 Å².